The molecule has 0 amide bonds. The largest absolute Gasteiger partial charge is 0.327 e. The Morgan fingerprint density at radius 2 is 2.00 bits per heavy atom. The molecule has 1 aromatic rings. The summed E-state index contributed by atoms with van der Waals surface area (Å²) in [6.07, 6.45) is 10.4. The van der Waals surface area contributed by atoms with Gasteiger partial charge in [-0.3, -0.25) is 0 Å². The van der Waals surface area contributed by atoms with Crippen molar-refractivity contribution in [3.63, 3.8) is 0 Å². The first kappa shape index (κ1) is 13.2. The van der Waals surface area contributed by atoms with Crippen LogP contribution in [0.3, 0.4) is 0 Å². The summed E-state index contributed by atoms with van der Waals surface area (Å²) >= 11 is 0. The van der Waals surface area contributed by atoms with Gasteiger partial charge < -0.3 is 5.73 Å². The Balaban J connectivity index is 1.64. The van der Waals surface area contributed by atoms with Crippen molar-refractivity contribution in [2.75, 3.05) is 0 Å². The Labute approximate surface area is 117 Å². The van der Waals surface area contributed by atoms with Crippen LogP contribution in [0.4, 0.5) is 0 Å². The lowest BCUT2D eigenvalue weighted by atomic mass is 9.77. The lowest BCUT2D eigenvalue weighted by Crippen LogP contribution is -2.35. The molecule has 1 saturated carbocycles. The Kier molecular flexibility index (Phi) is 3.93. The zero-order valence-electron chi connectivity index (χ0n) is 12.2. The van der Waals surface area contributed by atoms with E-state index >= 15 is 0 Å². The molecule has 0 aliphatic heterocycles. The van der Waals surface area contributed by atoms with Crippen LogP contribution < -0.4 is 5.73 Å². The number of nitrogens with two attached hydrogens (primary N) is 1. The van der Waals surface area contributed by atoms with E-state index in [0.29, 0.717) is 6.04 Å². The van der Waals surface area contributed by atoms with E-state index in [1.165, 1.54) is 50.5 Å². The van der Waals surface area contributed by atoms with Gasteiger partial charge in [-0.05, 0) is 67.1 Å². The molecule has 0 bridgehead atoms. The standard InChI is InChI=1S/C18H27N/c1-13-4-2-7-17(10-13)18(19)12-14-8-9-15-5-3-6-16(15)11-14/h8-9,11,13,17-18H,2-7,10,12,19H2,1H3. The predicted molar refractivity (Wildman–Crippen MR) is 81.3 cm³/mol. The van der Waals surface area contributed by atoms with Gasteiger partial charge in [-0.1, -0.05) is 38.0 Å². The van der Waals surface area contributed by atoms with E-state index in [4.69, 9.17) is 5.73 Å². The molecular weight excluding hydrogens is 230 g/mol. The number of hydrogen-bond donors (Lipinski definition) is 1. The van der Waals surface area contributed by atoms with E-state index in [2.05, 4.69) is 25.1 Å². The molecule has 1 aromatic carbocycles. The molecule has 0 spiro atoms. The van der Waals surface area contributed by atoms with Crippen LogP contribution in [0.25, 0.3) is 0 Å². The molecule has 3 atom stereocenters. The van der Waals surface area contributed by atoms with Crippen molar-refractivity contribution < 1.29 is 0 Å². The number of hydrogen-bond acceptors (Lipinski definition) is 1. The van der Waals surface area contributed by atoms with Crippen LogP contribution in [0.15, 0.2) is 18.2 Å². The number of benzene rings is 1. The topological polar surface area (TPSA) is 26.0 Å². The number of rotatable bonds is 3. The zero-order valence-corrected chi connectivity index (χ0v) is 12.2. The molecule has 1 heteroatoms. The van der Waals surface area contributed by atoms with Crippen LogP contribution >= 0.6 is 0 Å². The van der Waals surface area contributed by atoms with Gasteiger partial charge >= 0.3 is 0 Å². The summed E-state index contributed by atoms with van der Waals surface area (Å²) < 4.78 is 0. The normalized spacial score (nSPS) is 28.1. The molecule has 1 fully saturated rings. The fourth-order valence-corrected chi connectivity index (χ4v) is 4.06. The van der Waals surface area contributed by atoms with Gasteiger partial charge in [0.05, 0.1) is 0 Å². The quantitative estimate of drug-likeness (QED) is 0.874. The molecule has 2 aliphatic rings. The van der Waals surface area contributed by atoms with E-state index in [1.807, 2.05) is 0 Å². The molecular formula is C18H27N. The number of fused-ring (bicyclic) bond motifs is 1. The molecule has 0 radical (unpaired) electrons. The summed E-state index contributed by atoms with van der Waals surface area (Å²) in [6.45, 7) is 2.38. The van der Waals surface area contributed by atoms with Gasteiger partial charge in [0, 0.05) is 6.04 Å². The maximum atomic E-state index is 6.49. The van der Waals surface area contributed by atoms with Crippen molar-refractivity contribution in [1.29, 1.82) is 0 Å². The molecule has 0 saturated heterocycles. The van der Waals surface area contributed by atoms with Gasteiger partial charge in [0.25, 0.3) is 0 Å². The van der Waals surface area contributed by atoms with Crippen LogP contribution in [-0.4, -0.2) is 6.04 Å². The fraction of sp³-hybridized carbons (Fsp3) is 0.667. The first-order chi connectivity index (χ1) is 9.22. The SMILES string of the molecule is CC1CCCC(C(N)Cc2ccc3c(c2)CCC3)C1. The van der Waals surface area contributed by atoms with E-state index in [0.717, 1.165) is 18.3 Å². The van der Waals surface area contributed by atoms with Crippen molar-refractivity contribution in [2.24, 2.45) is 17.6 Å². The highest BCUT2D eigenvalue weighted by Crippen LogP contribution is 2.31. The first-order valence-electron chi connectivity index (χ1n) is 8.08. The third-order valence-electron chi connectivity index (χ3n) is 5.22. The Morgan fingerprint density at radius 1 is 1.16 bits per heavy atom. The van der Waals surface area contributed by atoms with Crippen molar-refractivity contribution in [1.82, 2.24) is 0 Å². The smallest absolute Gasteiger partial charge is 0.0108 e. The molecule has 2 N–H and O–H groups in total. The maximum absolute atomic E-state index is 6.49. The van der Waals surface area contributed by atoms with Gasteiger partial charge in [0.1, 0.15) is 0 Å². The summed E-state index contributed by atoms with van der Waals surface area (Å²) in [7, 11) is 0. The Bertz CT molecular complexity index is 437. The van der Waals surface area contributed by atoms with Gasteiger partial charge in [0.15, 0.2) is 0 Å². The molecule has 104 valence electrons. The summed E-state index contributed by atoms with van der Waals surface area (Å²) in [4.78, 5) is 0. The van der Waals surface area contributed by atoms with E-state index in [-0.39, 0.29) is 0 Å². The van der Waals surface area contributed by atoms with Crippen LogP contribution in [-0.2, 0) is 19.3 Å². The molecule has 0 heterocycles. The fourth-order valence-electron chi connectivity index (χ4n) is 4.06. The highest BCUT2D eigenvalue weighted by molar-refractivity contribution is 5.35. The summed E-state index contributed by atoms with van der Waals surface area (Å²) in [5, 5.41) is 0. The van der Waals surface area contributed by atoms with Crippen molar-refractivity contribution in [2.45, 2.75) is 64.3 Å². The molecule has 1 nitrogen and oxygen atoms in total. The van der Waals surface area contributed by atoms with Crippen molar-refractivity contribution in [3.05, 3.63) is 34.9 Å². The third-order valence-corrected chi connectivity index (χ3v) is 5.22. The number of aryl methyl sites for hydroxylation is 2. The third kappa shape index (κ3) is 3.02. The zero-order chi connectivity index (χ0) is 13.2. The summed E-state index contributed by atoms with van der Waals surface area (Å²) in [6, 6.07) is 7.45. The van der Waals surface area contributed by atoms with Crippen LogP contribution in [0.2, 0.25) is 0 Å². The average Bonchev–Trinajstić information content (AvgIpc) is 2.86. The minimum Gasteiger partial charge on any atom is -0.327 e. The van der Waals surface area contributed by atoms with Gasteiger partial charge in [-0.15, -0.1) is 0 Å². The predicted octanol–water partition coefficient (Wildman–Crippen LogP) is 3.87. The lowest BCUT2D eigenvalue weighted by molar-refractivity contribution is 0.245. The van der Waals surface area contributed by atoms with Crippen molar-refractivity contribution in [3.8, 4) is 0 Å². The highest BCUT2D eigenvalue weighted by Gasteiger charge is 2.24. The molecule has 3 rings (SSSR count). The second-order valence-corrected chi connectivity index (χ2v) is 6.86. The van der Waals surface area contributed by atoms with E-state index in [9.17, 15) is 0 Å². The minimum absolute atomic E-state index is 0.363. The van der Waals surface area contributed by atoms with Gasteiger partial charge in [-0.2, -0.15) is 0 Å². The van der Waals surface area contributed by atoms with Gasteiger partial charge in [0.2, 0.25) is 0 Å². The molecule has 3 unspecified atom stereocenters. The van der Waals surface area contributed by atoms with E-state index < -0.39 is 0 Å². The van der Waals surface area contributed by atoms with Crippen LogP contribution in [0.1, 0.15) is 55.7 Å². The first-order valence-corrected chi connectivity index (χ1v) is 8.08. The maximum Gasteiger partial charge on any atom is 0.0108 e. The van der Waals surface area contributed by atoms with Crippen molar-refractivity contribution >= 4 is 0 Å². The molecule has 2 aliphatic carbocycles. The van der Waals surface area contributed by atoms with Gasteiger partial charge in [-0.25, -0.2) is 0 Å². The summed E-state index contributed by atoms with van der Waals surface area (Å²) in [5.41, 5.74) is 11.1. The van der Waals surface area contributed by atoms with E-state index in [1.54, 1.807) is 11.1 Å². The van der Waals surface area contributed by atoms with Crippen LogP contribution in [0.5, 0.6) is 0 Å². The van der Waals surface area contributed by atoms with Crippen LogP contribution in [0, 0.1) is 11.8 Å². The second-order valence-electron chi connectivity index (χ2n) is 6.86. The summed E-state index contributed by atoms with van der Waals surface area (Å²) in [5.74, 6) is 1.63. The molecule has 19 heavy (non-hydrogen) atoms. The lowest BCUT2D eigenvalue weighted by Gasteiger charge is -2.31. The highest BCUT2D eigenvalue weighted by atomic mass is 14.7. The average molecular weight is 257 g/mol. The monoisotopic (exact) mass is 257 g/mol. The minimum atomic E-state index is 0.363. The Morgan fingerprint density at radius 3 is 2.84 bits per heavy atom. The Hall–Kier alpha value is -0.820. The molecule has 0 aromatic heterocycles. The second kappa shape index (κ2) is 5.66.